The zero-order valence-corrected chi connectivity index (χ0v) is 18.7. The van der Waals surface area contributed by atoms with Crippen molar-refractivity contribution < 1.29 is 9.53 Å². The molecule has 0 spiro atoms. The van der Waals surface area contributed by atoms with E-state index in [1.54, 1.807) is 0 Å². The molecule has 0 saturated carbocycles. The number of nitrogens with one attached hydrogen (secondary N) is 1. The van der Waals surface area contributed by atoms with Crippen LogP contribution in [0.5, 0.6) is 5.75 Å². The van der Waals surface area contributed by atoms with Gasteiger partial charge in [0, 0.05) is 25.3 Å². The molecular weight excluding hydrogens is 388 g/mol. The number of rotatable bonds is 8. The Labute approximate surface area is 185 Å². The van der Waals surface area contributed by atoms with E-state index in [4.69, 9.17) is 4.74 Å². The van der Waals surface area contributed by atoms with Crippen LogP contribution in [-0.2, 0) is 11.3 Å². The molecule has 1 atom stereocenters. The summed E-state index contributed by atoms with van der Waals surface area (Å²) >= 11 is 0. The van der Waals surface area contributed by atoms with Gasteiger partial charge < -0.3 is 15.0 Å². The maximum atomic E-state index is 12.5. The molecule has 1 unspecified atom stereocenters. The molecular formula is C25H34N4O2. The lowest BCUT2D eigenvalue weighted by molar-refractivity contribution is -0.117. The molecule has 1 N–H and O–H groups in total. The van der Waals surface area contributed by atoms with Crippen molar-refractivity contribution >= 4 is 17.3 Å². The van der Waals surface area contributed by atoms with Gasteiger partial charge in [0.15, 0.2) is 0 Å². The number of likely N-dealkylation sites (N-methyl/N-ethyl adjacent to an activating group) is 2. The Morgan fingerprint density at radius 2 is 1.87 bits per heavy atom. The summed E-state index contributed by atoms with van der Waals surface area (Å²) < 4.78 is 6.18. The van der Waals surface area contributed by atoms with E-state index in [-0.39, 0.29) is 12.0 Å². The van der Waals surface area contributed by atoms with Gasteiger partial charge in [-0.3, -0.25) is 14.6 Å². The molecule has 6 heteroatoms. The summed E-state index contributed by atoms with van der Waals surface area (Å²) in [6, 6.07) is 16.4. The number of anilines is 2. The van der Waals surface area contributed by atoms with Crippen LogP contribution in [0.25, 0.3) is 0 Å². The maximum absolute atomic E-state index is 12.5. The fourth-order valence-corrected chi connectivity index (χ4v) is 4.52. The average Bonchev–Trinajstić information content (AvgIpc) is 3.27. The van der Waals surface area contributed by atoms with E-state index in [1.165, 1.54) is 31.5 Å². The van der Waals surface area contributed by atoms with Crippen molar-refractivity contribution in [3.63, 3.8) is 0 Å². The first-order chi connectivity index (χ1) is 15.1. The van der Waals surface area contributed by atoms with E-state index >= 15 is 0 Å². The summed E-state index contributed by atoms with van der Waals surface area (Å²) in [7, 11) is 1.97. The predicted octanol–water partition coefficient (Wildman–Crippen LogP) is 3.44. The fraction of sp³-hybridized carbons (Fsp3) is 0.480. The maximum Gasteiger partial charge on any atom is 0.238 e. The zero-order valence-electron chi connectivity index (χ0n) is 18.7. The Kier molecular flexibility index (Phi) is 7.10. The number of hydrogen-bond donors (Lipinski definition) is 1. The second-order valence-electron chi connectivity index (χ2n) is 8.67. The lowest BCUT2D eigenvalue weighted by Gasteiger charge is -2.37. The third-order valence-corrected chi connectivity index (χ3v) is 6.08. The van der Waals surface area contributed by atoms with Gasteiger partial charge in [0.1, 0.15) is 11.9 Å². The molecule has 2 aromatic carbocycles. The van der Waals surface area contributed by atoms with Crippen molar-refractivity contribution in [2.24, 2.45) is 0 Å². The van der Waals surface area contributed by atoms with Crippen molar-refractivity contribution in [1.82, 2.24) is 9.80 Å². The van der Waals surface area contributed by atoms with Gasteiger partial charge in [-0.25, -0.2) is 0 Å². The average molecular weight is 423 g/mol. The lowest BCUT2D eigenvalue weighted by Crippen LogP contribution is -2.46. The SMILES string of the molecule is CCN1CC(CN(C)CC(=O)Nc2ccc(CN3CCCC3)cc2)Oc2ccccc21. The largest absolute Gasteiger partial charge is 0.485 e. The number of hydrogen-bond acceptors (Lipinski definition) is 5. The molecule has 0 radical (unpaired) electrons. The van der Waals surface area contributed by atoms with Crippen molar-refractivity contribution in [1.29, 1.82) is 0 Å². The second-order valence-corrected chi connectivity index (χ2v) is 8.67. The molecule has 2 aliphatic heterocycles. The molecule has 166 valence electrons. The quantitative estimate of drug-likeness (QED) is 0.706. The Bertz CT molecular complexity index is 864. The van der Waals surface area contributed by atoms with Crippen LogP contribution in [0.1, 0.15) is 25.3 Å². The van der Waals surface area contributed by atoms with E-state index in [9.17, 15) is 4.79 Å². The minimum Gasteiger partial charge on any atom is -0.485 e. The minimum atomic E-state index is -0.00153. The standard InChI is InChI=1S/C25H34N4O2/c1-3-29-18-22(31-24-9-5-4-8-23(24)29)17-27(2)19-25(30)26-21-12-10-20(11-13-21)16-28-14-6-7-15-28/h4-5,8-13,22H,3,6-7,14-19H2,1-2H3,(H,26,30). The van der Waals surface area contributed by atoms with Crippen LogP contribution in [0.15, 0.2) is 48.5 Å². The number of likely N-dealkylation sites (tertiary alicyclic amines) is 1. The van der Waals surface area contributed by atoms with Crippen LogP contribution in [0, 0.1) is 0 Å². The summed E-state index contributed by atoms with van der Waals surface area (Å²) in [5.41, 5.74) is 3.30. The van der Waals surface area contributed by atoms with Crippen LogP contribution >= 0.6 is 0 Å². The van der Waals surface area contributed by atoms with Gasteiger partial charge in [-0.1, -0.05) is 24.3 Å². The molecule has 31 heavy (non-hydrogen) atoms. The van der Waals surface area contributed by atoms with Gasteiger partial charge in [0.2, 0.25) is 5.91 Å². The van der Waals surface area contributed by atoms with E-state index in [1.807, 2.05) is 42.3 Å². The number of ether oxygens (including phenoxy) is 1. The number of carbonyl (C=O) groups is 1. The van der Waals surface area contributed by atoms with Gasteiger partial charge in [-0.05, 0) is 69.7 Å². The van der Waals surface area contributed by atoms with Crippen molar-refractivity contribution in [3.8, 4) is 5.75 Å². The topological polar surface area (TPSA) is 48.0 Å². The molecule has 2 aromatic rings. The fourth-order valence-electron chi connectivity index (χ4n) is 4.52. The van der Waals surface area contributed by atoms with Gasteiger partial charge >= 0.3 is 0 Å². The third-order valence-electron chi connectivity index (χ3n) is 6.08. The molecule has 2 heterocycles. The van der Waals surface area contributed by atoms with E-state index in [2.05, 4.69) is 40.2 Å². The van der Waals surface area contributed by atoms with E-state index < -0.39 is 0 Å². The van der Waals surface area contributed by atoms with Crippen molar-refractivity contribution in [2.75, 3.05) is 56.5 Å². The number of nitrogens with zero attached hydrogens (tertiary/aromatic N) is 3. The number of benzene rings is 2. The highest BCUT2D eigenvalue weighted by atomic mass is 16.5. The second kappa shape index (κ2) is 10.2. The van der Waals surface area contributed by atoms with E-state index in [0.29, 0.717) is 13.1 Å². The molecule has 1 saturated heterocycles. The van der Waals surface area contributed by atoms with Crippen LogP contribution in [0.2, 0.25) is 0 Å². The molecule has 2 aliphatic rings. The van der Waals surface area contributed by atoms with E-state index in [0.717, 1.165) is 36.8 Å². The molecule has 0 aliphatic carbocycles. The van der Waals surface area contributed by atoms with Crippen LogP contribution in [0.3, 0.4) is 0 Å². The third kappa shape index (κ3) is 5.77. The normalized spacial score (nSPS) is 18.7. The summed E-state index contributed by atoms with van der Waals surface area (Å²) in [6.07, 6.45) is 2.64. The number of amides is 1. The molecule has 4 rings (SSSR count). The first kappa shape index (κ1) is 21.7. The Morgan fingerprint density at radius 3 is 2.61 bits per heavy atom. The Morgan fingerprint density at radius 1 is 1.13 bits per heavy atom. The van der Waals surface area contributed by atoms with Crippen LogP contribution in [-0.4, -0.2) is 68.1 Å². The molecule has 0 bridgehead atoms. The van der Waals surface area contributed by atoms with Crippen molar-refractivity contribution in [2.45, 2.75) is 32.4 Å². The highest BCUT2D eigenvalue weighted by molar-refractivity contribution is 5.92. The van der Waals surface area contributed by atoms with Crippen molar-refractivity contribution in [3.05, 3.63) is 54.1 Å². The van der Waals surface area contributed by atoms with Crippen LogP contribution < -0.4 is 15.0 Å². The highest BCUT2D eigenvalue weighted by Crippen LogP contribution is 2.32. The zero-order chi connectivity index (χ0) is 21.6. The first-order valence-electron chi connectivity index (χ1n) is 11.4. The van der Waals surface area contributed by atoms with Crippen LogP contribution in [0.4, 0.5) is 11.4 Å². The molecule has 0 aromatic heterocycles. The molecule has 1 fully saturated rings. The minimum absolute atomic E-state index is 0.00153. The van der Waals surface area contributed by atoms with Gasteiger partial charge in [-0.2, -0.15) is 0 Å². The molecule has 1 amide bonds. The Hall–Kier alpha value is -2.57. The molecule has 6 nitrogen and oxygen atoms in total. The number of fused-ring (bicyclic) bond motifs is 1. The Balaban J connectivity index is 1.25. The summed E-state index contributed by atoms with van der Waals surface area (Å²) in [6.45, 7) is 8.35. The lowest BCUT2D eigenvalue weighted by atomic mass is 10.2. The summed E-state index contributed by atoms with van der Waals surface area (Å²) in [5.74, 6) is 0.922. The van der Waals surface area contributed by atoms with Gasteiger partial charge in [0.05, 0.1) is 18.8 Å². The highest BCUT2D eigenvalue weighted by Gasteiger charge is 2.25. The first-order valence-corrected chi connectivity index (χ1v) is 11.4. The summed E-state index contributed by atoms with van der Waals surface area (Å²) in [4.78, 5) is 19.4. The van der Waals surface area contributed by atoms with Gasteiger partial charge in [-0.15, -0.1) is 0 Å². The predicted molar refractivity (Wildman–Crippen MR) is 126 cm³/mol. The summed E-state index contributed by atoms with van der Waals surface area (Å²) in [5, 5.41) is 3.02. The smallest absolute Gasteiger partial charge is 0.238 e. The monoisotopic (exact) mass is 422 g/mol. The number of para-hydroxylation sites is 2. The van der Waals surface area contributed by atoms with Gasteiger partial charge in [0.25, 0.3) is 0 Å². The number of carbonyl (C=O) groups excluding carboxylic acids is 1.